The van der Waals surface area contributed by atoms with E-state index >= 15 is 0 Å². The van der Waals surface area contributed by atoms with Crippen molar-refractivity contribution in [3.8, 4) is 0 Å². The molecule has 1 fully saturated rings. The first-order chi connectivity index (χ1) is 8.89. The van der Waals surface area contributed by atoms with Crippen LogP contribution in [0.1, 0.15) is 59.8 Å². The van der Waals surface area contributed by atoms with E-state index in [-0.39, 0.29) is 17.0 Å². The van der Waals surface area contributed by atoms with Crippen molar-refractivity contribution in [2.24, 2.45) is 5.73 Å². The van der Waals surface area contributed by atoms with Crippen molar-refractivity contribution in [1.82, 2.24) is 10.2 Å². The van der Waals surface area contributed by atoms with Crippen molar-refractivity contribution in [3.63, 3.8) is 0 Å². The minimum Gasteiger partial charge on any atom is -0.350 e. The molecule has 0 atom stereocenters. The smallest absolute Gasteiger partial charge is 0.234 e. The van der Waals surface area contributed by atoms with Gasteiger partial charge in [-0.25, -0.2) is 0 Å². The first-order valence-corrected chi connectivity index (χ1v) is 7.65. The molecule has 0 aromatic carbocycles. The molecular formula is C15H31N3O. The van der Waals surface area contributed by atoms with Gasteiger partial charge in [-0.1, -0.05) is 26.7 Å². The molecule has 0 aliphatic heterocycles. The zero-order chi connectivity index (χ0) is 14.5. The Labute approximate surface area is 118 Å². The first-order valence-electron chi connectivity index (χ1n) is 7.65. The van der Waals surface area contributed by atoms with E-state index in [9.17, 15) is 4.79 Å². The van der Waals surface area contributed by atoms with Crippen LogP contribution in [-0.4, -0.2) is 41.5 Å². The van der Waals surface area contributed by atoms with Crippen LogP contribution >= 0.6 is 0 Å². The van der Waals surface area contributed by atoms with Gasteiger partial charge in [-0.2, -0.15) is 0 Å². The third kappa shape index (κ3) is 4.18. The third-order valence-corrected chi connectivity index (χ3v) is 4.66. The summed E-state index contributed by atoms with van der Waals surface area (Å²) in [4.78, 5) is 14.5. The summed E-state index contributed by atoms with van der Waals surface area (Å²) in [6.07, 6.45) is 5.65. The summed E-state index contributed by atoms with van der Waals surface area (Å²) in [5.74, 6) is 0.119. The van der Waals surface area contributed by atoms with Gasteiger partial charge in [0, 0.05) is 17.6 Å². The highest BCUT2D eigenvalue weighted by Crippen LogP contribution is 2.34. The van der Waals surface area contributed by atoms with Crippen LogP contribution in [0.3, 0.4) is 0 Å². The van der Waals surface area contributed by atoms with Gasteiger partial charge in [0.1, 0.15) is 0 Å². The van der Waals surface area contributed by atoms with E-state index in [1.807, 2.05) is 0 Å². The molecule has 0 aromatic heterocycles. The van der Waals surface area contributed by atoms with Crippen LogP contribution in [0.4, 0.5) is 0 Å². The Balaban J connectivity index is 2.64. The van der Waals surface area contributed by atoms with E-state index in [0.29, 0.717) is 13.1 Å². The minimum absolute atomic E-state index is 0.0580. The predicted molar refractivity (Wildman–Crippen MR) is 80.0 cm³/mol. The van der Waals surface area contributed by atoms with Gasteiger partial charge in [-0.3, -0.25) is 9.69 Å². The molecule has 4 nitrogen and oxygen atoms in total. The number of hydrogen-bond acceptors (Lipinski definition) is 3. The van der Waals surface area contributed by atoms with Crippen molar-refractivity contribution >= 4 is 5.91 Å². The lowest BCUT2D eigenvalue weighted by molar-refractivity contribution is -0.125. The highest BCUT2D eigenvalue weighted by molar-refractivity contribution is 5.78. The largest absolute Gasteiger partial charge is 0.350 e. The topological polar surface area (TPSA) is 58.4 Å². The van der Waals surface area contributed by atoms with Crippen molar-refractivity contribution in [2.45, 2.75) is 70.9 Å². The Bertz CT molecular complexity index is 296. The third-order valence-electron chi connectivity index (χ3n) is 4.66. The van der Waals surface area contributed by atoms with Gasteiger partial charge >= 0.3 is 0 Å². The fraction of sp³-hybridized carbons (Fsp3) is 0.933. The van der Waals surface area contributed by atoms with E-state index in [1.165, 1.54) is 12.8 Å². The van der Waals surface area contributed by atoms with Gasteiger partial charge in [0.25, 0.3) is 0 Å². The molecular weight excluding hydrogens is 238 g/mol. The number of nitrogens with one attached hydrogen (secondary N) is 1. The molecule has 0 unspecified atom stereocenters. The normalized spacial score (nSPS) is 18.8. The predicted octanol–water partition coefficient (Wildman–Crippen LogP) is 1.88. The quantitative estimate of drug-likeness (QED) is 0.742. The molecule has 112 valence electrons. The van der Waals surface area contributed by atoms with Crippen LogP contribution in [-0.2, 0) is 4.79 Å². The Morgan fingerprint density at radius 3 is 2.32 bits per heavy atom. The van der Waals surface area contributed by atoms with Crippen LogP contribution in [0.25, 0.3) is 0 Å². The Hall–Kier alpha value is -0.610. The van der Waals surface area contributed by atoms with E-state index in [0.717, 1.165) is 25.8 Å². The Morgan fingerprint density at radius 1 is 1.32 bits per heavy atom. The maximum absolute atomic E-state index is 12.2. The molecule has 1 amide bonds. The number of nitrogens with two attached hydrogens (primary N) is 1. The van der Waals surface area contributed by atoms with Crippen LogP contribution in [0.15, 0.2) is 0 Å². The number of hydrogen-bond donors (Lipinski definition) is 2. The number of carbonyl (C=O) groups excluding carboxylic acids is 1. The lowest BCUT2D eigenvalue weighted by atomic mass is 9.95. The molecule has 0 heterocycles. The summed E-state index contributed by atoms with van der Waals surface area (Å²) in [6.45, 7) is 10.4. The summed E-state index contributed by atoms with van der Waals surface area (Å²) < 4.78 is 0. The van der Waals surface area contributed by atoms with Crippen molar-refractivity contribution in [3.05, 3.63) is 0 Å². The number of amides is 1. The van der Waals surface area contributed by atoms with Gasteiger partial charge in [-0.15, -0.1) is 0 Å². The van der Waals surface area contributed by atoms with Crippen molar-refractivity contribution in [1.29, 1.82) is 0 Å². The summed E-state index contributed by atoms with van der Waals surface area (Å²) in [6, 6.07) is 0. The van der Waals surface area contributed by atoms with Crippen LogP contribution < -0.4 is 11.1 Å². The highest BCUT2D eigenvalue weighted by Gasteiger charge is 2.38. The summed E-state index contributed by atoms with van der Waals surface area (Å²) in [7, 11) is 0. The zero-order valence-electron chi connectivity index (χ0n) is 13.1. The van der Waals surface area contributed by atoms with Gasteiger partial charge in [-0.05, 0) is 39.7 Å². The molecule has 3 N–H and O–H groups in total. The first kappa shape index (κ1) is 16.4. The summed E-state index contributed by atoms with van der Waals surface area (Å²) in [5, 5.41) is 3.11. The molecule has 0 aromatic rings. The fourth-order valence-electron chi connectivity index (χ4n) is 2.98. The maximum Gasteiger partial charge on any atom is 0.234 e. The summed E-state index contributed by atoms with van der Waals surface area (Å²) >= 11 is 0. The van der Waals surface area contributed by atoms with Gasteiger partial charge in [0.15, 0.2) is 0 Å². The Morgan fingerprint density at radius 2 is 1.89 bits per heavy atom. The average molecular weight is 269 g/mol. The summed E-state index contributed by atoms with van der Waals surface area (Å²) in [5.41, 5.74) is 5.94. The second-order valence-electron chi connectivity index (χ2n) is 6.44. The number of carbonyl (C=O) groups is 1. The zero-order valence-corrected chi connectivity index (χ0v) is 13.1. The lowest BCUT2D eigenvalue weighted by Crippen LogP contribution is -2.56. The van der Waals surface area contributed by atoms with E-state index in [2.05, 4.69) is 37.9 Å². The van der Waals surface area contributed by atoms with Crippen LogP contribution in [0.5, 0.6) is 0 Å². The van der Waals surface area contributed by atoms with Crippen molar-refractivity contribution in [2.75, 3.05) is 19.6 Å². The maximum atomic E-state index is 12.2. The number of nitrogens with zero attached hydrogens (tertiary/aromatic N) is 1. The van der Waals surface area contributed by atoms with Crippen molar-refractivity contribution < 1.29 is 4.79 Å². The highest BCUT2D eigenvalue weighted by atomic mass is 16.2. The van der Waals surface area contributed by atoms with E-state index in [4.69, 9.17) is 5.73 Å². The average Bonchev–Trinajstić information content (AvgIpc) is 2.85. The molecule has 1 rings (SSSR count). The van der Waals surface area contributed by atoms with E-state index in [1.54, 1.807) is 0 Å². The molecule has 19 heavy (non-hydrogen) atoms. The molecule has 1 aliphatic rings. The lowest BCUT2D eigenvalue weighted by Gasteiger charge is -2.40. The molecule has 0 bridgehead atoms. The fourth-order valence-corrected chi connectivity index (χ4v) is 2.98. The number of rotatable bonds is 7. The molecule has 4 heteroatoms. The van der Waals surface area contributed by atoms with Gasteiger partial charge < -0.3 is 11.1 Å². The molecule has 0 saturated heterocycles. The Kier molecular flexibility index (Phi) is 5.81. The molecule has 0 spiro atoms. The van der Waals surface area contributed by atoms with Gasteiger partial charge in [0.2, 0.25) is 5.91 Å². The van der Waals surface area contributed by atoms with Crippen LogP contribution in [0, 0.1) is 0 Å². The molecule has 1 saturated carbocycles. The van der Waals surface area contributed by atoms with Gasteiger partial charge in [0.05, 0.1) is 6.54 Å². The monoisotopic (exact) mass is 269 g/mol. The standard InChI is InChI=1S/C15H31N3O/c1-5-14(3,4)17-13(19)11-18(6-2)15(12-16)9-7-8-10-15/h5-12,16H2,1-4H3,(H,17,19). The number of likely N-dealkylation sites (N-methyl/N-ethyl adjacent to an activating group) is 1. The van der Waals surface area contributed by atoms with E-state index < -0.39 is 0 Å². The minimum atomic E-state index is -0.123. The molecule has 1 aliphatic carbocycles. The van der Waals surface area contributed by atoms with Crippen LogP contribution in [0.2, 0.25) is 0 Å². The second kappa shape index (κ2) is 6.71. The second-order valence-corrected chi connectivity index (χ2v) is 6.44. The SMILES string of the molecule is CCN(CC(=O)NC(C)(C)CC)C1(CN)CCCC1. The molecule has 0 radical (unpaired) electrons.